The lowest BCUT2D eigenvalue weighted by molar-refractivity contribution is -0.115. The van der Waals surface area contributed by atoms with Crippen molar-refractivity contribution < 1.29 is 14.3 Å². The topological polar surface area (TPSA) is 101 Å². The molecule has 2 aromatic carbocycles. The van der Waals surface area contributed by atoms with Gasteiger partial charge in [0.1, 0.15) is 5.75 Å². The van der Waals surface area contributed by atoms with E-state index in [1.807, 2.05) is 36.4 Å². The van der Waals surface area contributed by atoms with Gasteiger partial charge < -0.3 is 25.4 Å². The number of rotatable bonds is 9. The fraction of sp³-hybridized carbons (Fsp3) is 0.375. The zero-order chi connectivity index (χ0) is 23.0. The van der Waals surface area contributed by atoms with Crippen molar-refractivity contribution in [2.45, 2.75) is 0 Å². The predicted octanol–water partition coefficient (Wildman–Crippen LogP) is 2.21. The number of hydrogen-bond donors (Lipinski definition) is 3. The van der Waals surface area contributed by atoms with E-state index in [9.17, 15) is 4.79 Å². The van der Waals surface area contributed by atoms with Crippen LogP contribution in [-0.4, -0.2) is 80.9 Å². The standard InChI is InChI=1S/C24H30N6O3/c1-25-24-27-6-5-21(29-24)18-13-17-3-4-19(32-2)15-20(17)22(14-18)28-23(31)16-26-7-8-30-9-11-33-12-10-30/h3-6,13-15,26H,7-12,16H2,1-2H3,(H,28,31)(H,25,27,29). The molecule has 0 radical (unpaired) electrons. The summed E-state index contributed by atoms with van der Waals surface area (Å²) in [7, 11) is 3.41. The third-order valence-corrected chi connectivity index (χ3v) is 5.60. The van der Waals surface area contributed by atoms with Crippen molar-refractivity contribution in [1.82, 2.24) is 20.2 Å². The van der Waals surface area contributed by atoms with Crippen LogP contribution in [0.4, 0.5) is 11.6 Å². The summed E-state index contributed by atoms with van der Waals surface area (Å²) in [5.74, 6) is 1.17. The SMILES string of the molecule is CNc1nccc(-c2cc(NC(=O)CNCCN3CCOCC3)c3cc(OC)ccc3c2)n1. The van der Waals surface area contributed by atoms with Gasteiger partial charge in [0.05, 0.1) is 32.6 Å². The molecule has 4 rings (SSSR count). The Morgan fingerprint density at radius 3 is 2.82 bits per heavy atom. The Kier molecular flexibility index (Phi) is 7.66. The van der Waals surface area contributed by atoms with Crippen molar-refractivity contribution in [2.24, 2.45) is 0 Å². The maximum absolute atomic E-state index is 12.7. The summed E-state index contributed by atoms with van der Waals surface area (Å²) < 4.78 is 10.8. The number of aromatic nitrogens is 2. The molecule has 0 spiro atoms. The van der Waals surface area contributed by atoms with Crippen molar-refractivity contribution in [3.8, 4) is 17.0 Å². The highest BCUT2D eigenvalue weighted by molar-refractivity contribution is 6.05. The van der Waals surface area contributed by atoms with E-state index in [0.717, 1.165) is 67.2 Å². The highest BCUT2D eigenvalue weighted by Gasteiger charge is 2.13. The molecule has 174 valence electrons. The number of methoxy groups -OCH3 is 1. The Bertz CT molecular complexity index is 1100. The smallest absolute Gasteiger partial charge is 0.238 e. The van der Waals surface area contributed by atoms with Crippen LogP contribution in [0.25, 0.3) is 22.0 Å². The summed E-state index contributed by atoms with van der Waals surface area (Å²) >= 11 is 0. The number of carbonyl (C=O) groups is 1. The van der Waals surface area contributed by atoms with Crippen molar-refractivity contribution in [3.05, 3.63) is 42.6 Å². The quantitative estimate of drug-likeness (QED) is 0.427. The molecular weight excluding hydrogens is 420 g/mol. The summed E-state index contributed by atoms with van der Waals surface area (Å²) in [5.41, 5.74) is 2.37. The molecule has 0 bridgehead atoms. The van der Waals surface area contributed by atoms with Crippen LogP contribution in [0.3, 0.4) is 0 Å². The van der Waals surface area contributed by atoms with Gasteiger partial charge in [-0.1, -0.05) is 6.07 Å². The molecule has 0 unspecified atom stereocenters. The Balaban J connectivity index is 1.50. The van der Waals surface area contributed by atoms with E-state index in [4.69, 9.17) is 9.47 Å². The van der Waals surface area contributed by atoms with Gasteiger partial charge >= 0.3 is 0 Å². The molecular formula is C24H30N6O3. The average Bonchev–Trinajstić information content (AvgIpc) is 2.87. The van der Waals surface area contributed by atoms with E-state index >= 15 is 0 Å². The molecule has 2 heterocycles. The first-order chi connectivity index (χ1) is 16.2. The molecule has 1 aliphatic rings. The number of carbonyl (C=O) groups excluding carboxylic acids is 1. The molecule has 1 aliphatic heterocycles. The van der Waals surface area contributed by atoms with E-state index in [1.165, 1.54) is 0 Å². The normalized spacial score (nSPS) is 14.2. The molecule has 0 atom stereocenters. The van der Waals surface area contributed by atoms with Crippen LogP contribution in [0, 0.1) is 0 Å². The summed E-state index contributed by atoms with van der Waals surface area (Å²) in [6, 6.07) is 11.7. The molecule has 1 fully saturated rings. The van der Waals surface area contributed by atoms with Crippen molar-refractivity contribution in [1.29, 1.82) is 0 Å². The zero-order valence-electron chi connectivity index (χ0n) is 19.1. The van der Waals surface area contributed by atoms with Crippen LogP contribution in [0.1, 0.15) is 0 Å². The van der Waals surface area contributed by atoms with E-state index in [-0.39, 0.29) is 12.5 Å². The lowest BCUT2D eigenvalue weighted by atomic mass is 10.0. The molecule has 9 nitrogen and oxygen atoms in total. The minimum Gasteiger partial charge on any atom is -0.497 e. The number of amides is 1. The minimum absolute atomic E-state index is 0.100. The molecule has 3 aromatic rings. The first-order valence-corrected chi connectivity index (χ1v) is 11.1. The highest BCUT2D eigenvalue weighted by Crippen LogP contribution is 2.33. The summed E-state index contributed by atoms with van der Waals surface area (Å²) in [6.07, 6.45) is 1.71. The number of nitrogens with one attached hydrogen (secondary N) is 3. The monoisotopic (exact) mass is 450 g/mol. The molecule has 0 aliphatic carbocycles. The molecule has 1 saturated heterocycles. The minimum atomic E-state index is -0.100. The van der Waals surface area contributed by atoms with Crippen LogP contribution in [0.5, 0.6) is 5.75 Å². The van der Waals surface area contributed by atoms with Gasteiger partial charge in [-0.15, -0.1) is 0 Å². The maximum atomic E-state index is 12.7. The van der Waals surface area contributed by atoms with Crippen LogP contribution in [-0.2, 0) is 9.53 Å². The lowest BCUT2D eigenvalue weighted by Crippen LogP contribution is -2.41. The van der Waals surface area contributed by atoms with Crippen LogP contribution in [0.15, 0.2) is 42.6 Å². The second-order valence-electron chi connectivity index (χ2n) is 7.81. The number of benzene rings is 2. The lowest BCUT2D eigenvalue weighted by Gasteiger charge is -2.26. The van der Waals surface area contributed by atoms with E-state index < -0.39 is 0 Å². The number of hydrogen-bond acceptors (Lipinski definition) is 8. The van der Waals surface area contributed by atoms with Gasteiger partial charge in [0, 0.05) is 56.1 Å². The Morgan fingerprint density at radius 1 is 1.18 bits per heavy atom. The molecule has 1 amide bonds. The number of ether oxygens (including phenoxy) is 2. The number of nitrogens with zero attached hydrogens (tertiary/aromatic N) is 3. The molecule has 3 N–H and O–H groups in total. The van der Waals surface area contributed by atoms with Crippen molar-refractivity contribution in [2.75, 3.05) is 70.7 Å². The Hall–Kier alpha value is -3.27. The van der Waals surface area contributed by atoms with Crippen LogP contribution < -0.4 is 20.7 Å². The maximum Gasteiger partial charge on any atom is 0.238 e. The molecule has 33 heavy (non-hydrogen) atoms. The van der Waals surface area contributed by atoms with Gasteiger partial charge in [0.25, 0.3) is 0 Å². The molecule has 9 heteroatoms. The zero-order valence-corrected chi connectivity index (χ0v) is 19.1. The molecule has 0 saturated carbocycles. The second kappa shape index (κ2) is 11.0. The largest absolute Gasteiger partial charge is 0.497 e. The van der Waals surface area contributed by atoms with Crippen LogP contribution >= 0.6 is 0 Å². The third-order valence-electron chi connectivity index (χ3n) is 5.60. The third kappa shape index (κ3) is 5.95. The first-order valence-electron chi connectivity index (χ1n) is 11.1. The van der Waals surface area contributed by atoms with E-state index in [0.29, 0.717) is 11.6 Å². The van der Waals surface area contributed by atoms with Gasteiger partial charge in [-0.3, -0.25) is 9.69 Å². The van der Waals surface area contributed by atoms with Gasteiger partial charge in [0.15, 0.2) is 0 Å². The molecule has 1 aromatic heterocycles. The second-order valence-corrected chi connectivity index (χ2v) is 7.81. The first kappa shape index (κ1) is 22.9. The number of anilines is 2. The van der Waals surface area contributed by atoms with E-state index in [1.54, 1.807) is 20.4 Å². The fourth-order valence-electron chi connectivity index (χ4n) is 3.81. The van der Waals surface area contributed by atoms with Gasteiger partial charge in [-0.25, -0.2) is 9.97 Å². The number of fused-ring (bicyclic) bond motifs is 1. The highest BCUT2D eigenvalue weighted by atomic mass is 16.5. The predicted molar refractivity (Wildman–Crippen MR) is 130 cm³/mol. The summed E-state index contributed by atoms with van der Waals surface area (Å²) in [6.45, 7) is 5.30. The number of morpholine rings is 1. The van der Waals surface area contributed by atoms with E-state index in [2.05, 4.69) is 30.8 Å². The van der Waals surface area contributed by atoms with Crippen LogP contribution in [0.2, 0.25) is 0 Å². The van der Waals surface area contributed by atoms with Gasteiger partial charge in [-0.05, 0) is 35.7 Å². The fourth-order valence-corrected chi connectivity index (χ4v) is 3.81. The summed E-state index contributed by atoms with van der Waals surface area (Å²) in [4.78, 5) is 23.8. The van der Waals surface area contributed by atoms with Crippen molar-refractivity contribution >= 4 is 28.3 Å². The van der Waals surface area contributed by atoms with Gasteiger partial charge in [0.2, 0.25) is 11.9 Å². The van der Waals surface area contributed by atoms with Crippen molar-refractivity contribution in [3.63, 3.8) is 0 Å². The Labute approximate surface area is 193 Å². The summed E-state index contributed by atoms with van der Waals surface area (Å²) in [5, 5.41) is 11.1. The Morgan fingerprint density at radius 2 is 2.03 bits per heavy atom. The van der Waals surface area contributed by atoms with Gasteiger partial charge in [-0.2, -0.15) is 0 Å². The average molecular weight is 451 g/mol.